The van der Waals surface area contributed by atoms with Crippen molar-refractivity contribution >= 4 is 46.2 Å². The van der Waals surface area contributed by atoms with Crippen LogP contribution < -0.4 is 20.9 Å². The Balaban J connectivity index is 1.35. The van der Waals surface area contributed by atoms with Gasteiger partial charge in [-0.3, -0.25) is 0 Å². The predicted octanol–water partition coefficient (Wildman–Crippen LogP) is 5.12. The summed E-state index contributed by atoms with van der Waals surface area (Å²) in [5.74, 6) is 0.689. The standard InChI is InChI=1S/C21H21ClN6O/c22-15-4-3-5-18(12-15)26-21(29)25-17-8-6-16(7-9-17)24-20-13-19(14-23-27-20)28-10-1-2-11-28/h3-9,12-14H,1-2,10-11H2,(H,24,27)(H2,25,26,29). The SMILES string of the molecule is O=C(Nc1ccc(Nc2cc(N3CCCC3)cnn2)cc1)Nc1cccc(Cl)c1. The molecule has 2 amide bonds. The summed E-state index contributed by atoms with van der Waals surface area (Å²) in [7, 11) is 0. The van der Waals surface area contributed by atoms with E-state index in [1.165, 1.54) is 12.8 Å². The summed E-state index contributed by atoms with van der Waals surface area (Å²) in [5, 5.41) is 17.6. The van der Waals surface area contributed by atoms with E-state index in [4.69, 9.17) is 11.6 Å². The fourth-order valence-corrected chi connectivity index (χ4v) is 3.40. The van der Waals surface area contributed by atoms with Crippen LogP contribution in [-0.2, 0) is 0 Å². The highest BCUT2D eigenvalue weighted by Crippen LogP contribution is 2.23. The van der Waals surface area contributed by atoms with Crippen molar-refractivity contribution in [2.45, 2.75) is 12.8 Å². The molecule has 8 heteroatoms. The molecule has 1 fully saturated rings. The van der Waals surface area contributed by atoms with Crippen LogP contribution in [0.3, 0.4) is 0 Å². The Labute approximate surface area is 174 Å². The number of benzene rings is 2. The van der Waals surface area contributed by atoms with E-state index in [0.717, 1.165) is 24.5 Å². The molecule has 0 atom stereocenters. The lowest BCUT2D eigenvalue weighted by atomic mass is 10.2. The number of nitrogens with one attached hydrogen (secondary N) is 3. The lowest BCUT2D eigenvalue weighted by Gasteiger charge is -2.17. The number of hydrogen-bond donors (Lipinski definition) is 3. The van der Waals surface area contributed by atoms with Gasteiger partial charge in [-0.2, -0.15) is 5.10 Å². The first kappa shape index (κ1) is 19.0. The average Bonchev–Trinajstić information content (AvgIpc) is 3.25. The van der Waals surface area contributed by atoms with Gasteiger partial charge in [-0.15, -0.1) is 5.10 Å². The predicted molar refractivity (Wildman–Crippen MR) is 117 cm³/mol. The number of carbonyl (C=O) groups excluding carboxylic acids is 1. The van der Waals surface area contributed by atoms with Gasteiger partial charge >= 0.3 is 6.03 Å². The molecule has 0 saturated carbocycles. The third-order valence-electron chi connectivity index (χ3n) is 4.61. The number of hydrogen-bond acceptors (Lipinski definition) is 5. The molecule has 3 N–H and O–H groups in total. The third-order valence-corrected chi connectivity index (χ3v) is 4.84. The van der Waals surface area contributed by atoms with Gasteiger partial charge in [0.05, 0.1) is 11.9 Å². The molecule has 1 aliphatic rings. The van der Waals surface area contributed by atoms with Crippen molar-refractivity contribution in [2.75, 3.05) is 33.9 Å². The summed E-state index contributed by atoms with van der Waals surface area (Å²) >= 11 is 5.93. The van der Waals surface area contributed by atoms with E-state index in [1.807, 2.05) is 30.3 Å². The van der Waals surface area contributed by atoms with Crippen LogP contribution in [0.1, 0.15) is 12.8 Å². The first-order valence-corrected chi connectivity index (χ1v) is 9.82. The van der Waals surface area contributed by atoms with Crippen molar-refractivity contribution in [3.63, 3.8) is 0 Å². The fraction of sp³-hybridized carbons (Fsp3) is 0.190. The van der Waals surface area contributed by atoms with Gasteiger partial charge in [-0.25, -0.2) is 4.79 Å². The van der Waals surface area contributed by atoms with Gasteiger partial charge in [0, 0.05) is 41.2 Å². The molecule has 0 radical (unpaired) electrons. The minimum atomic E-state index is -0.336. The van der Waals surface area contributed by atoms with Crippen molar-refractivity contribution in [1.29, 1.82) is 0 Å². The van der Waals surface area contributed by atoms with E-state index in [2.05, 4.69) is 31.0 Å². The van der Waals surface area contributed by atoms with E-state index < -0.39 is 0 Å². The first-order valence-electron chi connectivity index (χ1n) is 9.44. The van der Waals surface area contributed by atoms with Gasteiger partial charge < -0.3 is 20.9 Å². The highest BCUT2D eigenvalue weighted by molar-refractivity contribution is 6.30. The highest BCUT2D eigenvalue weighted by Gasteiger charge is 2.13. The molecule has 0 bridgehead atoms. The summed E-state index contributed by atoms with van der Waals surface area (Å²) in [4.78, 5) is 14.4. The van der Waals surface area contributed by atoms with Gasteiger partial charge in [0.25, 0.3) is 0 Å². The molecule has 1 aliphatic heterocycles. The smallest absolute Gasteiger partial charge is 0.323 e. The molecule has 4 rings (SSSR count). The molecule has 29 heavy (non-hydrogen) atoms. The van der Waals surface area contributed by atoms with Gasteiger partial charge in [-0.1, -0.05) is 17.7 Å². The van der Waals surface area contributed by atoms with E-state index in [9.17, 15) is 4.79 Å². The van der Waals surface area contributed by atoms with Crippen molar-refractivity contribution in [3.8, 4) is 0 Å². The molecule has 0 aliphatic carbocycles. The van der Waals surface area contributed by atoms with E-state index in [-0.39, 0.29) is 6.03 Å². The van der Waals surface area contributed by atoms with Crippen LogP contribution in [-0.4, -0.2) is 29.3 Å². The Bertz CT molecular complexity index is 988. The monoisotopic (exact) mass is 408 g/mol. The quantitative estimate of drug-likeness (QED) is 0.546. The summed E-state index contributed by atoms with van der Waals surface area (Å²) in [5.41, 5.74) is 3.24. The Morgan fingerprint density at radius 2 is 1.66 bits per heavy atom. The Morgan fingerprint density at radius 1 is 0.931 bits per heavy atom. The lowest BCUT2D eigenvalue weighted by molar-refractivity contribution is 0.262. The highest BCUT2D eigenvalue weighted by atomic mass is 35.5. The Hall–Kier alpha value is -3.32. The number of anilines is 5. The molecular weight excluding hydrogens is 388 g/mol. The topological polar surface area (TPSA) is 82.2 Å². The second-order valence-electron chi connectivity index (χ2n) is 6.78. The molecule has 0 spiro atoms. The number of carbonyl (C=O) groups is 1. The van der Waals surface area contributed by atoms with Gasteiger partial charge in [0.1, 0.15) is 0 Å². The van der Waals surface area contributed by atoms with Gasteiger partial charge in [0.2, 0.25) is 0 Å². The third kappa shape index (κ3) is 5.14. The molecule has 7 nitrogen and oxygen atoms in total. The molecule has 1 saturated heterocycles. The van der Waals surface area contributed by atoms with Crippen LogP contribution in [0.4, 0.5) is 33.4 Å². The van der Waals surface area contributed by atoms with Gasteiger partial charge in [-0.05, 0) is 55.3 Å². The van der Waals surface area contributed by atoms with Crippen LogP contribution in [0, 0.1) is 0 Å². The van der Waals surface area contributed by atoms with Crippen LogP contribution in [0.15, 0.2) is 60.8 Å². The fourth-order valence-electron chi connectivity index (χ4n) is 3.21. The molecule has 2 aromatic carbocycles. The van der Waals surface area contributed by atoms with Crippen molar-refractivity contribution < 1.29 is 4.79 Å². The summed E-state index contributed by atoms with van der Waals surface area (Å²) < 4.78 is 0. The zero-order valence-corrected chi connectivity index (χ0v) is 16.5. The number of urea groups is 1. The van der Waals surface area contributed by atoms with Crippen molar-refractivity contribution in [2.24, 2.45) is 0 Å². The maximum Gasteiger partial charge on any atom is 0.323 e. The van der Waals surface area contributed by atoms with E-state index >= 15 is 0 Å². The maximum absolute atomic E-state index is 12.1. The maximum atomic E-state index is 12.1. The van der Waals surface area contributed by atoms with Crippen LogP contribution in [0.5, 0.6) is 0 Å². The summed E-state index contributed by atoms with van der Waals surface area (Å²) in [6.07, 6.45) is 4.22. The van der Waals surface area contributed by atoms with Crippen LogP contribution >= 0.6 is 11.6 Å². The minimum Gasteiger partial charge on any atom is -0.370 e. The van der Waals surface area contributed by atoms with Crippen molar-refractivity contribution in [3.05, 3.63) is 65.8 Å². The molecule has 2 heterocycles. The minimum absolute atomic E-state index is 0.336. The number of nitrogens with zero attached hydrogens (tertiary/aromatic N) is 3. The van der Waals surface area contributed by atoms with Crippen LogP contribution in [0.2, 0.25) is 5.02 Å². The number of amides is 2. The van der Waals surface area contributed by atoms with E-state index in [1.54, 1.807) is 30.5 Å². The molecule has 0 unspecified atom stereocenters. The number of aromatic nitrogens is 2. The average molecular weight is 409 g/mol. The second-order valence-corrected chi connectivity index (χ2v) is 7.22. The van der Waals surface area contributed by atoms with Crippen LogP contribution in [0.25, 0.3) is 0 Å². The zero-order valence-electron chi connectivity index (χ0n) is 15.7. The number of halogens is 1. The Kier molecular flexibility index (Phi) is 5.76. The molecular formula is C21H21ClN6O. The van der Waals surface area contributed by atoms with E-state index in [0.29, 0.717) is 22.2 Å². The van der Waals surface area contributed by atoms with Gasteiger partial charge in [0.15, 0.2) is 5.82 Å². The zero-order chi connectivity index (χ0) is 20.1. The second kappa shape index (κ2) is 8.79. The Morgan fingerprint density at radius 3 is 2.41 bits per heavy atom. The lowest BCUT2D eigenvalue weighted by Crippen LogP contribution is -2.19. The largest absolute Gasteiger partial charge is 0.370 e. The molecule has 3 aromatic rings. The number of rotatable bonds is 5. The molecule has 148 valence electrons. The first-order chi connectivity index (χ1) is 14.2. The summed E-state index contributed by atoms with van der Waals surface area (Å²) in [6, 6.07) is 16.0. The normalized spacial score (nSPS) is 13.2. The summed E-state index contributed by atoms with van der Waals surface area (Å²) in [6.45, 7) is 2.12. The van der Waals surface area contributed by atoms with Crippen molar-refractivity contribution in [1.82, 2.24) is 10.2 Å². The molecule has 1 aromatic heterocycles.